The van der Waals surface area contributed by atoms with E-state index >= 15 is 0 Å². The van der Waals surface area contributed by atoms with E-state index in [4.69, 9.17) is 5.11 Å². The second-order valence-corrected chi connectivity index (χ2v) is 6.91. The summed E-state index contributed by atoms with van der Waals surface area (Å²) in [5, 5.41) is 8.62. The van der Waals surface area contributed by atoms with Gasteiger partial charge >= 0.3 is 6.18 Å². The molecular formula is C13H17F3O3S. The van der Waals surface area contributed by atoms with Gasteiger partial charge in [-0.3, -0.25) is 0 Å². The van der Waals surface area contributed by atoms with E-state index in [-0.39, 0.29) is 30.1 Å². The zero-order valence-corrected chi connectivity index (χ0v) is 11.8. The van der Waals surface area contributed by atoms with Gasteiger partial charge in [0.25, 0.3) is 0 Å². The number of aliphatic hydroxyl groups excluding tert-OH is 1. The molecule has 0 spiro atoms. The van der Waals surface area contributed by atoms with Crippen LogP contribution in [0.25, 0.3) is 0 Å². The number of halogens is 3. The third-order valence-electron chi connectivity index (χ3n) is 2.91. The Morgan fingerprint density at radius 1 is 1.25 bits per heavy atom. The predicted molar refractivity (Wildman–Crippen MR) is 70.2 cm³/mol. The molecule has 0 aliphatic carbocycles. The third-order valence-corrected chi connectivity index (χ3v) is 4.83. The molecule has 0 aromatic heterocycles. The summed E-state index contributed by atoms with van der Waals surface area (Å²) in [4.78, 5) is 0. The van der Waals surface area contributed by atoms with Crippen LogP contribution in [0.1, 0.15) is 30.4 Å². The number of hydrogen-bond donors (Lipinski definition) is 1. The van der Waals surface area contributed by atoms with Crippen molar-refractivity contribution in [3.8, 4) is 0 Å². The van der Waals surface area contributed by atoms with Crippen LogP contribution in [0, 0.1) is 0 Å². The minimum absolute atomic E-state index is 0.0208. The Morgan fingerprint density at radius 2 is 1.85 bits per heavy atom. The highest BCUT2D eigenvalue weighted by Gasteiger charge is 2.34. The fraction of sp³-hybridized carbons (Fsp3) is 0.538. The molecular weight excluding hydrogens is 293 g/mol. The summed E-state index contributed by atoms with van der Waals surface area (Å²) in [5.41, 5.74) is -0.822. The molecule has 114 valence electrons. The predicted octanol–water partition coefficient (Wildman–Crippen LogP) is 2.61. The highest BCUT2D eigenvalue weighted by Crippen LogP contribution is 2.35. The molecule has 1 N–H and O–H groups in total. The van der Waals surface area contributed by atoms with Crippen LogP contribution in [0.3, 0.4) is 0 Å². The molecule has 0 saturated carbocycles. The maximum atomic E-state index is 12.9. The molecule has 0 unspecified atom stereocenters. The molecule has 0 bridgehead atoms. The standard InChI is InChI=1S/C13H17F3O3S/c1-10(9-20(18,19)8-4-7-17)11-5-2-3-6-12(11)13(14,15)16/h2-3,5-6,10,17H,4,7-9H2,1H3/t10-/m0/s1. The maximum Gasteiger partial charge on any atom is 0.416 e. The highest BCUT2D eigenvalue weighted by molar-refractivity contribution is 7.91. The summed E-state index contributed by atoms with van der Waals surface area (Å²) < 4.78 is 62.1. The van der Waals surface area contributed by atoms with Crippen LogP contribution in [-0.2, 0) is 16.0 Å². The van der Waals surface area contributed by atoms with E-state index in [0.29, 0.717) is 0 Å². The summed E-state index contributed by atoms with van der Waals surface area (Å²) in [5.74, 6) is -1.33. The molecule has 7 heteroatoms. The molecule has 1 aromatic rings. The molecule has 0 aliphatic rings. The van der Waals surface area contributed by atoms with Gasteiger partial charge in [-0.25, -0.2) is 8.42 Å². The van der Waals surface area contributed by atoms with E-state index in [9.17, 15) is 21.6 Å². The van der Waals surface area contributed by atoms with E-state index < -0.39 is 27.5 Å². The van der Waals surface area contributed by atoms with Gasteiger partial charge < -0.3 is 5.11 Å². The van der Waals surface area contributed by atoms with Crippen molar-refractivity contribution in [2.75, 3.05) is 18.1 Å². The van der Waals surface area contributed by atoms with E-state index in [1.807, 2.05) is 0 Å². The van der Waals surface area contributed by atoms with Crippen molar-refractivity contribution in [2.45, 2.75) is 25.4 Å². The molecule has 1 aromatic carbocycles. The van der Waals surface area contributed by atoms with Gasteiger partial charge in [-0.15, -0.1) is 0 Å². The van der Waals surface area contributed by atoms with Gasteiger partial charge in [0.2, 0.25) is 0 Å². The van der Waals surface area contributed by atoms with Crippen LogP contribution in [0.2, 0.25) is 0 Å². The second kappa shape index (κ2) is 6.58. The minimum atomic E-state index is -4.50. The minimum Gasteiger partial charge on any atom is -0.396 e. The van der Waals surface area contributed by atoms with Gasteiger partial charge in [0.1, 0.15) is 0 Å². The average Bonchev–Trinajstić information content (AvgIpc) is 2.35. The van der Waals surface area contributed by atoms with Crippen LogP contribution in [0.15, 0.2) is 24.3 Å². The van der Waals surface area contributed by atoms with Crippen LogP contribution < -0.4 is 0 Å². The number of sulfone groups is 1. The normalized spacial score (nSPS) is 14.2. The molecule has 1 atom stereocenters. The third kappa shape index (κ3) is 4.79. The summed E-state index contributed by atoms with van der Waals surface area (Å²) in [6, 6.07) is 4.99. The fourth-order valence-electron chi connectivity index (χ4n) is 2.02. The molecule has 1 rings (SSSR count). The first-order valence-corrected chi connectivity index (χ1v) is 7.97. The van der Waals surface area contributed by atoms with Gasteiger partial charge in [0.05, 0.1) is 17.1 Å². The van der Waals surface area contributed by atoms with Gasteiger partial charge in [0.15, 0.2) is 9.84 Å². The Morgan fingerprint density at radius 3 is 2.40 bits per heavy atom. The van der Waals surface area contributed by atoms with E-state index in [1.54, 1.807) is 0 Å². The Bertz CT molecular complexity index is 538. The molecule has 0 saturated heterocycles. The smallest absolute Gasteiger partial charge is 0.396 e. The van der Waals surface area contributed by atoms with Gasteiger partial charge in [-0.1, -0.05) is 25.1 Å². The van der Waals surface area contributed by atoms with E-state index in [0.717, 1.165) is 6.07 Å². The van der Waals surface area contributed by atoms with Crippen LogP contribution in [0.5, 0.6) is 0 Å². The lowest BCUT2D eigenvalue weighted by Crippen LogP contribution is -2.19. The number of alkyl halides is 3. The van der Waals surface area contributed by atoms with Gasteiger partial charge in [-0.05, 0) is 24.0 Å². The topological polar surface area (TPSA) is 54.4 Å². The number of rotatable bonds is 6. The summed E-state index contributed by atoms with van der Waals surface area (Å²) in [6.45, 7) is 1.20. The first-order valence-electron chi connectivity index (χ1n) is 6.15. The fourth-order valence-corrected chi connectivity index (χ4v) is 3.70. The van der Waals surface area contributed by atoms with Crippen molar-refractivity contribution in [1.82, 2.24) is 0 Å². The summed E-state index contributed by atoms with van der Waals surface area (Å²) >= 11 is 0. The largest absolute Gasteiger partial charge is 0.416 e. The van der Waals surface area contributed by atoms with Crippen LogP contribution >= 0.6 is 0 Å². The zero-order chi connectivity index (χ0) is 15.4. The lowest BCUT2D eigenvalue weighted by Gasteiger charge is -2.18. The Balaban J connectivity index is 2.96. The van der Waals surface area contributed by atoms with Crippen molar-refractivity contribution in [3.63, 3.8) is 0 Å². The molecule has 3 nitrogen and oxygen atoms in total. The Kier molecular flexibility index (Phi) is 5.59. The van der Waals surface area contributed by atoms with E-state index in [2.05, 4.69) is 0 Å². The first kappa shape index (κ1) is 17.0. The number of aliphatic hydroxyl groups is 1. The summed E-state index contributed by atoms with van der Waals surface area (Å²) in [7, 11) is -3.48. The van der Waals surface area contributed by atoms with Crippen molar-refractivity contribution in [3.05, 3.63) is 35.4 Å². The van der Waals surface area contributed by atoms with Gasteiger partial charge in [0, 0.05) is 6.61 Å². The number of benzene rings is 1. The van der Waals surface area contributed by atoms with Crippen LogP contribution in [-0.4, -0.2) is 31.6 Å². The zero-order valence-electron chi connectivity index (χ0n) is 11.0. The maximum absolute atomic E-state index is 12.9. The van der Waals surface area contributed by atoms with Gasteiger partial charge in [-0.2, -0.15) is 13.2 Å². The molecule has 0 aliphatic heterocycles. The molecule has 0 radical (unpaired) electrons. The SMILES string of the molecule is C[C@@H](CS(=O)(=O)CCCO)c1ccccc1C(F)(F)F. The van der Waals surface area contributed by atoms with Crippen LogP contribution in [0.4, 0.5) is 13.2 Å². The van der Waals surface area contributed by atoms with Crippen molar-refractivity contribution in [2.24, 2.45) is 0 Å². The first-order chi connectivity index (χ1) is 9.17. The lowest BCUT2D eigenvalue weighted by atomic mass is 9.97. The second-order valence-electron chi connectivity index (χ2n) is 4.68. The molecule has 0 heterocycles. The highest BCUT2D eigenvalue weighted by atomic mass is 32.2. The van der Waals surface area contributed by atoms with Crippen molar-refractivity contribution in [1.29, 1.82) is 0 Å². The monoisotopic (exact) mass is 310 g/mol. The van der Waals surface area contributed by atoms with E-state index in [1.165, 1.54) is 25.1 Å². The quantitative estimate of drug-likeness (QED) is 0.879. The molecule has 0 fully saturated rings. The summed E-state index contributed by atoms with van der Waals surface area (Å²) in [6.07, 6.45) is -4.41. The average molecular weight is 310 g/mol. The Hall–Kier alpha value is -1.08. The van der Waals surface area contributed by atoms with Crippen molar-refractivity contribution >= 4 is 9.84 Å². The molecule has 20 heavy (non-hydrogen) atoms. The van der Waals surface area contributed by atoms with Crippen molar-refractivity contribution < 1.29 is 26.7 Å². The number of hydrogen-bond acceptors (Lipinski definition) is 3. The molecule has 0 amide bonds. The Labute approximate surface area is 116 Å². The lowest BCUT2D eigenvalue weighted by molar-refractivity contribution is -0.138.